The lowest BCUT2D eigenvalue weighted by Gasteiger charge is -2.10. The van der Waals surface area contributed by atoms with Gasteiger partial charge in [0, 0.05) is 23.7 Å². The van der Waals surface area contributed by atoms with E-state index < -0.39 is 0 Å². The molecule has 3 aromatic rings. The molecule has 0 aliphatic rings. The number of para-hydroxylation sites is 1. The quantitative estimate of drug-likeness (QED) is 0.680. The minimum Gasteiger partial charge on any atom is -0.508 e. The van der Waals surface area contributed by atoms with Gasteiger partial charge in [-0.2, -0.15) is 0 Å². The molecule has 0 saturated heterocycles. The molecule has 0 spiro atoms. The van der Waals surface area contributed by atoms with Crippen molar-refractivity contribution in [3.05, 3.63) is 60.3 Å². The van der Waals surface area contributed by atoms with Gasteiger partial charge < -0.3 is 15.5 Å². The number of fused-ring (bicyclic) bond motifs is 1. The fourth-order valence-electron chi connectivity index (χ4n) is 2.14. The van der Waals surface area contributed by atoms with Crippen LogP contribution >= 0.6 is 0 Å². The van der Waals surface area contributed by atoms with E-state index in [1.165, 1.54) is 0 Å². The van der Waals surface area contributed by atoms with Gasteiger partial charge in [-0.15, -0.1) is 0 Å². The lowest BCUT2D eigenvalue weighted by atomic mass is 10.1. The first-order chi connectivity index (χ1) is 9.74. The standard InChI is InChI=1S/C16H14N2O2/c19-13-6-5-11-7-8-17-16(14(11)9-13)18-10-12-3-1-2-4-15(12)20/h1-9,19-20H,10H2,(H,17,18). The summed E-state index contributed by atoms with van der Waals surface area (Å²) in [5.74, 6) is 1.14. The SMILES string of the molecule is Oc1ccc2ccnc(NCc3ccccc3O)c2c1. The molecular formula is C16H14N2O2. The van der Waals surface area contributed by atoms with E-state index in [1.807, 2.05) is 24.3 Å². The van der Waals surface area contributed by atoms with Gasteiger partial charge in [0.15, 0.2) is 0 Å². The van der Waals surface area contributed by atoms with Crippen molar-refractivity contribution in [2.75, 3.05) is 5.32 Å². The van der Waals surface area contributed by atoms with Crippen molar-refractivity contribution >= 4 is 16.6 Å². The first-order valence-corrected chi connectivity index (χ1v) is 6.32. The summed E-state index contributed by atoms with van der Waals surface area (Å²) in [6.45, 7) is 0.467. The van der Waals surface area contributed by atoms with Crippen LogP contribution in [0.1, 0.15) is 5.56 Å². The molecule has 0 bridgehead atoms. The maximum Gasteiger partial charge on any atom is 0.134 e. The number of aromatic hydroxyl groups is 2. The fraction of sp³-hybridized carbons (Fsp3) is 0.0625. The number of hydrogen-bond acceptors (Lipinski definition) is 4. The molecule has 0 radical (unpaired) electrons. The molecule has 1 heterocycles. The van der Waals surface area contributed by atoms with Crippen LogP contribution < -0.4 is 5.32 Å². The third-order valence-corrected chi connectivity index (χ3v) is 3.19. The van der Waals surface area contributed by atoms with Crippen molar-refractivity contribution in [2.24, 2.45) is 0 Å². The molecule has 0 fully saturated rings. The number of pyridine rings is 1. The largest absolute Gasteiger partial charge is 0.508 e. The van der Waals surface area contributed by atoms with Gasteiger partial charge in [-0.1, -0.05) is 24.3 Å². The Labute approximate surface area is 116 Å². The highest BCUT2D eigenvalue weighted by atomic mass is 16.3. The summed E-state index contributed by atoms with van der Waals surface area (Å²) in [5.41, 5.74) is 0.798. The van der Waals surface area contributed by atoms with Crippen LogP contribution in [0.2, 0.25) is 0 Å². The van der Waals surface area contributed by atoms with Gasteiger partial charge in [-0.05, 0) is 29.7 Å². The molecule has 0 atom stereocenters. The van der Waals surface area contributed by atoms with E-state index in [-0.39, 0.29) is 11.5 Å². The molecule has 100 valence electrons. The number of benzene rings is 2. The van der Waals surface area contributed by atoms with Crippen molar-refractivity contribution in [1.29, 1.82) is 0 Å². The van der Waals surface area contributed by atoms with Crippen LogP contribution in [0, 0.1) is 0 Å². The van der Waals surface area contributed by atoms with Crippen molar-refractivity contribution in [3.8, 4) is 11.5 Å². The summed E-state index contributed by atoms with van der Waals surface area (Å²) >= 11 is 0. The van der Waals surface area contributed by atoms with E-state index in [4.69, 9.17) is 0 Å². The number of nitrogens with zero attached hydrogens (tertiary/aromatic N) is 1. The highest BCUT2D eigenvalue weighted by Gasteiger charge is 2.05. The molecular weight excluding hydrogens is 252 g/mol. The van der Waals surface area contributed by atoms with Crippen molar-refractivity contribution < 1.29 is 10.2 Å². The van der Waals surface area contributed by atoms with Crippen LogP contribution in [0.4, 0.5) is 5.82 Å². The maximum absolute atomic E-state index is 9.75. The Morgan fingerprint density at radius 2 is 1.85 bits per heavy atom. The van der Waals surface area contributed by atoms with Crippen LogP contribution in [0.25, 0.3) is 10.8 Å². The summed E-state index contributed by atoms with van der Waals surface area (Å²) in [5, 5.41) is 24.4. The zero-order valence-electron chi connectivity index (χ0n) is 10.7. The molecule has 20 heavy (non-hydrogen) atoms. The molecule has 0 unspecified atom stereocenters. The summed E-state index contributed by atoms with van der Waals surface area (Å²) in [7, 11) is 0. The summed E-state index contributed by atoms with van der Waals surface area (Å²) in [4.78, 5) is 4.29. The molecule has 2 aromatic carbocycles. The average Bonchev–Trinajstić information content (AvgIpc) is 2.46. The smallest absolute Gasteiger partial charge is 0.134 e. The second-order valence-electron chi connectivity index (χ2n) is 4.55. The third-order valence-electron chi connectivity index (χ3n) is 3.19. The van der Waals surface area contributed by atoms with Gasteiger partial charge in [0.25, 0.3) is 0 Å². The zero-order chi connectivity index (χ0) is 13.9. The van der Waals surface area contributed by atoms with Crippen LogP contribution in [-0.2, 0) is 6.54 Å². The van der Waals surface area contributed by atoms with E-state index in [0.717, 1.165) is 16.3 Å². The van der Waals surface area contributed by atoms with Crippen LogP contribution in [0.3, 0.4) is 0 Å². The molecule has 0 saturated carbocycles. The van der Waals surface area contributed by atoms with E-state index in [2.05, 4.69) is 10.3 Å². The molecule has 0 aliphatic heterocycles. The first-order valence-electron chi connectivity index (χ1n) is 6.32. The van der Waals surface area contributed by atoms with Crippen LogP contribution in [0.15, 0.2) is 54.7 Å². The van der Waals surface area contributed by atoms with Crippen LogP contribution in [-0.4, -0.2) is 15.2 Å². The minimum absolute atomic E-state index is 0.205. The summed E-state index contributed by atoms with van der Waals surface area (Å²) in [6, 6.07) is 14.2. The van der Waals surface area contributed by atoms with Crippen molar-refractivity contribution in [3.63, 3.8) is 0 Å². The molecule has 4 nitrogen and oxygen atoms in total. The van der Waals surface area contributed by atoms with Gasteiger partial charge in [0.05, 0.1) is 0 Å². The Balaban J connectivity index is 1.91. The van der Waals surface area contributed by atoms with Crippen molar-refractivity contribution in [1.82, 2.24) is 4.98 Å². The van der Waals surface area contributed by atoms with E-state index in [9.17, 15) is 10.2 Å². The van der Waals surface area contributed by atoms with Gasteiger partial charge in [-0.25, -0.2) is 4.98 Å². The predicted octanol–water partition coefficient (Wildman–Crippen LogP) is 3.26. The molecule has 0 amide bonds. The topological polar surface area (TPSA) is 65.4 Å². The summed E-state index contributed by atoms with van der Waals surface area (Å²) in [6.07, 6.45) is 1.71. The second-order valence-corrected chi connectivity index (χ2v) is 4.55. The highest BCUT2D eigenvalue weighted by molar-refractivity contribution is 5.92. The average molecular weight is 266 g/mol. The Morgan fingerprint density at radius 3 is 2.70 bits per heavy atom. The Bertz CT molecular complexity index is 756. The first kappa shape index (κ1) is 12.3. The molecule has 3 N–H and O–H groups in total. The number of phenolic OH excluding ortho intramolecular Hbond substituents is 2. The lowest BCUT2D eigenvalue weighted by molar-refractivity contribution is 0.469. The number of hydrogen-bond donors (Lipinski definition) is 3. The van der Waals surface area contributed by atoms with Crippen molar-refractivity contribution in [2.45, 2.75) is 6.54 Å². The fourth-order valence-corrected chi connectivity index (χ4v) is 2.14. The lowest BCUT2D eigenvalue weighted by Crippen LogP contribution is -2.02. The normalized spacial score (nSPS) is 10.6. The second kappa shape index (κ2) is 5.09. The number of anilines is 1. The maximum atomic E-state index is 9.75. The number of phenols is 2. The molecule has 3 rings (SSSR count). The van der Waals surface area contributed by atoms with Gasteiger partial charge in [-0.3, -0.25) is 0 Å². The van der Waals surface area contributed by atoms with Gasteiger partial charge in [0.1, 0.15) is 17.3 Å². The van der Waals surface area contributed by atoms with E-state index in [0.29, 0.717) is 12.4 Å². The summed E-state index contributed by atoms with van der Waals surface area (Å²) < 4.78 is 0. The molecule has 4 heteroatoms. The van der Waals surface area contributed by atoms with Gasteiger partial charge in [0.2, 0.25) is 0 Å². The zero-order valence-corrected chi connectivity index (χ0v) is 10.7. The number of nitrogens with one attached hydrogen (secondary N) is 1. The minimum atomic E-state index is 0.205. The molecule has 1 aromatic heterocycles. The monoisotopic (exact) mass is 266 g/mol. The van der Waals surface area contributed by atoms with Crippen LogP contribution in [0.5, 0.6) is 11.5 Å². The highest BCUT2D eigenvalue weighted by Crippen LogP contribution is 2.26. The third kappa shape index (κ3) is 2.36. The Morgan fingerprint density at radius 1 is 1.00 bits per heavy atom. The predicted molar refractivity (Wildman–Crippen MR) is 78.8 cm³/mol. The Hall–Kier alpha value is -2.75. The van der Waals surface area contributed by atoms with Gasteiger partial charge >= 0.3 is 0 Å². The van der Waals surface area contributed by atoms with E-state index >= 15 is 0 Å². The van der Waals surface area contributed by atoms with E-state index in [1.54, 1.807) is 30.5 Å². The Kier molecular flexibility index (Phi) is 3.13. The number of rotatable bonds is 3. The number of aromatic nitrogens is 1. The molecule has 0 aliphatic carbocycles.